The Labute approximate surface area is 136 Å². The Morgan fingerprint density at radius 1 is 1.12 bits per heavy atom. The van der Waals surface area contributed by atoms with E-state index in [1.165, 1.54) is 30.3 Å². The minimum atomic E-state index is -2.64. The van der Waals surface area contributed by atoms with E-state index in [-0.39, 0.29) is 5.75 Å². The fraction of sp³-hybridized carbons (Fsp3) is 0.375. The summed E-state index contributed by atoms with van der Waals surface area (Å²) < 4.78 is 0. The summed E-state index contributed by atoms with van der Waals surface area (Å²) in [4.78, 5) is 23.4. The second-order valence-electron chi connectivity index (χ2n) is 5.94. The third kappa shape index (κ3) is 3.31. The van der Waals surface area contributed by atoms with E-state index in [4.69, 9.17) is 5.11 Å². The Morgan fingerprint density at radius 3 is 2.25 bits per heavy atom. The zero-order valence-electron chi connectivity index (χ0n) is 12.5. The summed E-state index contributed by atoms with van der Waals surface area (Å²) in [6.45, 7) is 0. The van der Waals surface area contributed by atoms with Crippen LogP contribution in [0.25, 0.3) is 6.08 Å². The van der Waals surface area contributed by atoms with Crippen molar-refractivity contribution in [1.82, 2.24) is 0 Å². The number of hydrogen-bond acceptors (Lipinski definition) is 7. The van der Waals surface area contributed by atoms with Crippen molar-refractivity contribution in [3.63, 3.8) is 0 Å². The summed E-state index contributed by atoms with van der Waals surface area (Å²) in [5, 5.41) is 58.3. The second-order valence-corrected chi connectivity index (χ2v) is 5.94. The lowest BCUT2D eigenvalue weighted by Gasteiger charge is -2.44. The number of aliphatic hydroxyl groups excluding tert-OH is 2. The van der Waals surface area contributed by atoms with Gasteiger partial charge in [-0.05, 0) is 23.8 Å². The number of benzene rings is 1. The molecule has 24 heavy (non-hydrogen) atoms. The average molecular weight is 338 g/mol. The summed E-state index contributed by atoms with van der Waals surface area (Å²) in [5.41, 5.74) is -4.67. The van der Waals surface area contributed by atoms with Gasteiger partial charge in [-0.15, -0.1) is 0 Å². The molecular formula is C16H18O8. The van der Waals surface area contributed by atoms with E-state index in [1.54, 1.807) is 0 Å². The largest absolute Gasteiger partial charge is 0.508 e. The highest BCUT2D eigenvalue weighted by Gasteiger charge is 2.58. The van der Waals surface area contributed by atoms with Gasteiger partial charge in [0.1, 0.15) is 11.9 Å². The Kier molecular flexibility index (Phi) is 4.77. The van der Waals surface area contributed by atoms with Crippen LogP contribution in [0.3, 0.4) is 0 Å². The molecule has 0 amide bonds. The van der Waals surface area contributed by atoms with Gasteiger partial charge in [0.2, 0.25) is 0 Å². The number of carbonyl (C=O) groups excluding carboxylic acids is 1. The first kappa shape index (κ1) is 18.1. The smallest absolute Gasteiger partial charge is 0.335 e. The zero-order valence-corrected chi connectivity index (χ0v) is 12.5. The molecule has 6 N–H and O–H groups in total. The van der Waals surface area contributed by atoms with Gasteiger partial charge in [-0.25, -0.2) is 4.79 Å². The molecule has 1 saturated carbocycles. The maximum absolute atomic E-state index is 12.3. The standard InChI is InChI=1S/C16H18O8/c17-10-4-1-9(2-5-10)3-6-12(19)16(24)8-15(23,14(21)22)7-11(18)13(16)20/h1-6,11,13,17-18,20,23-24H,7-8H2,(H,21,22)/b6-3+/t11-,13?,15?,16+/m1/s1. The first-order chi connectivity index (χ1) is 11.1. The van der Waals surface area contributed by atoms with Crippen molar-refractivity contribution in [3.8, 4) is 5.75 Å². The number of phenols is 1. The summed E-state index contributed by atoms with van der Waals surface area (Å²) in [5.74, 6) is -2.74. The third-order valence-electron chi connectivity index (χ3n) is 4.11. The van der Waals surface area contributed by atoms with Crippen molar-refractivity contribution in [2.75, 3.05) is 0 Å². The van der Waals surface area contributed by atoms with Gasteiger partial charge in [0.05, 0.1) is 6.10 Å². The lowest BCUT2D eigenvalue weighted by molar-refractivity contribution is -0.212. The summed E-state index contributed by atoms with van der Waals surface area (Å²) in [7, 11) is 0. The number of aromatic hydroxyl groups is 1. The number of phenolic OH excluding ortho intramolecular Hbond substituents is 1. The monoisotopic (exact) mass is 338 g/mol. The molecule has 0 spiro atoms. The van der Waals surface area contributed by atoms with Gasteiger partial charge in [-0.1, -0.05) is 18.2 Å². The fourth-order valence-corrected chi connectivity index (χ4v) is 2.70. The molecule has 130 valence electrons. The maximum atomic E-state index is 12.3. The molecule has 0 radical (unpaired) electrons. The third-order valence-corrected chi connectivity index (χ3v) is 4.11. The second kappa shape index (κ2) is 6.33. The Hall–Kier alpha value is -2.26. The molecule has 1 aliphatic rings. The average Bonchev–Trinajstić information content (AvgIpc) is 2.51. The van der Waals surface area contributed by atoms with Gasteiger partial charge in [0.15, 0.2) is 17.0 Å². The van der Waals surface area contributed by atoms with Crippen LogP contribution < -0.4 is 0 Å². The summed E-state index contributed by atoms with van der Waals surface area (Å²) >= 11 is 0. The van der Waals surface area contributed by atoms with E-state index in [1.807, 2.05) is 0 Å². The van der Waals surface area contributed by atoms with E-state index in [9.17, 15) is 35.1 Å². The Balaban J connectivity index is 2.27. The van der Waals surface area contributed by atoms with E-state index in [0.29, 0.717) is 5.56 Å². The molecule has 8 heteroatoms. The van der Waals surface area contributed by atoms with Crippen LogP contribution in [0.1, 0.15) is 18.4 Å². The van der Waals surface area contributed by atoms with Gasteiger partial charge < -0.3 is 30.6 Å². The molecule has 2 rings (SSSR count). The highest BCUT2D eigenvalue weighted by molar-refractivity contribution is 6.01. The van der Waals surface area contributed by atoms with E-state index >= 15 is 0 Å². The predicted molar refractivity (Wildman–Crippen MR) is 80.9 cm³/mol. The van der Waals surface area contributed by atoms with Crippen LogP contribution in [-0.4, -0.2) is 65.8 Å². The number of rotatable bonds is 4. The normalized spacial score (nSPS) is 33.5. The Bertz CT molecular complexity index is 667. The zero-order chi connectivity index (χ0) is 18.1. The van der Waals surface area contributed by atoms with Crippen LogP contribution in [0, 0.1) is 0 Å². The highest BCUT2D eigenvalue weighted by Crippen LogP contribution is 2.37. The van der Waals surface area contributed by atoms with Gasteiger partial charge >= 0.3 is 5.97 Å². The minimum absolute atomic E-state index is 0.0226. The van der Waals surface area contributed by atoms with Crippen LogP contribution in [0.4, 0.5) is 0 Å². The summed E-state index contributed by atoms with van der Waals surface area (Å²) in [6.07, 6.45) is -3.18. The lowest BCUT2D eigenvalue weighted by Crippen LogP contribution is -2.65. The van der Waals surface area contributed by atoms with Crippen molar-refractivity contribution in [2.24, 2.45) is 0 Å². The molecule has 0 aromatic heterocycles. The maximum Gasteiger partial charge on any atom is 0.335 e. The van der Waals surface area contributed by atoms with Gasteiger partial charge in [-0.2, -0.15) is 0 Å². The van der Waals surface area contributed by atoms with Crippen molar-refractivity contribution in [3.05, 3.63) is 35.9 Å². The van der Waals surface area contributed by atoms with Crippen LogP contribution >= 0.6 is 0 Å². The number of aliphatic carboxylic acids is 1. The minimum Gasteiger partial charge on any atom is -0.508 e. The number of ketones is 1. The van der Waals surface area contributed by atoms with Gasteiger partial charge in [0, 0.05) is 12.8 Å². The molecule has 1 aliphatic carbocycles. The number of carbonyl (C=O) groups is 2. The van der Waals surface area contributed by atoms with Crippen LogP contribution in [0.5, 0.6) is 5.75 Å². The summed E-state index contributed by atoms with van der Waals surface area (Å²) in [6, 6.07) is 5.73. The molecule has 1 aromatic rings. The van der Waals surface area contributed by atoms with E-state index in [2.05, 4.69) is 0 Å². The first-order valence-corrected chi connectivity index (χ1v) is 7.14. The SMILES string of the molecule is O=C(O)C1(O)C[C@@H](O)C(O)[C@@](O)(C(=O)/C=C/c2ccc(O)cc2)C1. The number of carboxylic acid groups (broad SMARTS) is 1. The molecule has 0 aliphatic heterocycles. The molecule has 2 unspecified atom stereocenters. The van der Waals surface area contributed by atoms with E-state index < -0.39 is 48.0 Å². The highest BCUT2D eigenvalue weighted by atomic mass is 16.4. The van der Waals surface area contributed by atoms with Crippen LogP contribution in [-0.2, 0) is 9.59 Å². The molecule has 0 saturated heterocycles. The molecule has 0 bridgehead atoms. The number of hydrogen-bond donors (Lipinski definition) is 6. The first-order valence-electron chi connectivity index (χ1n) is 7.14. The molecule has 4 atom stereocenters. The number of carboxylic acids is 1. The topological polar surface area (TPSA) is 156 Å². The van der Waals surface area contributed by atoms with Crippen molar-refractivity contribution >= 4 is 17.8 Å². The quantitative estimate of drug-likeness (QED) is 0.383. The Morgan fingerprint density at radius 2 is 1.71 bits per heavy atom. The van der Waals surface area contributed by atoms with E-state index in [0.717, 1.165) is 6.08 Å². The van der Waals surface area contributed by atoms with Gasteiger partial charge in [-0.3, -0.25) is 4.79 Å². The molecular weight excluding hydrogens is 320 g/mol. The van der Waals surface area contributed by atoms with Crippen molar-refractivity contribution < 1.29 is 40.2 Å². The fourth-order valence-electron chi connectivity index (χ4n) is 2.70. The van der Waals surface area contributed by atoms with Crippen LogP contribution in [0.2, 0.25) is 0 Å². The van der Waals surface area contributed by atoms with Gasteiger partial charge in [0.25, 0.3) is 0 Å². The van der Waals surface area contributed by atoms with Crippen LogP contribution in [0.15, 0.2) is 30.3 Å². The molecule has 0 heterocycles. The van der Waals surface area contributed by atoms with Crippen molar-refractivity contribution in [2.45, 2.75) is 36.3 Å². The number of aliphatic hydroxyl groups is 4. The lowest BCUT2D eigenvalue weighted by atomic mass is 9.70. The van der Waals surface area contributed by atoms with Crippen molar-refractivity contribution in [1.29, 1.82) is 0 Å². The molecule has 1 aromatic carbocycles. The predicted octanol–water partition coefficient (Wildman–Crippen LogP) is -0.963. The molecule has 1 fully saturated rings. The molecule has 8 nitrogen and oxygen atoms in total.